The van der Waals surface area contributed by atoms with Gasteiger partial charge in [0, 0.05) is 6.54 Å². The van der Waals surface area contributed by atoms with Crippen molar-refractivity contribution in [3.8, 4) is 5.75 Å². The molecule has 7 heteroatoms. The van der Waals surface area contributed by atoms with E-state index < -0.39 is 0 Å². The first-order chi connectivity index (χ1) is 18.0. The SMILES string of the molecule is O=C1S/C(=C/c2cc(Br)c(OCc3ccc4ccccc4c3)c(Br)c2)C(=O)N1CCCc1ccccc1. The molecule has 0 aliphatic carbocycles. The van der Waals surface area contributed by atoms with Crippen LogP contribution in [-0.4, -0.2) is 22.6 Å². The molecule has 0 saturated carbocycles. The Kier molecular flexibility index (Phi) is 8.13. The van der Waals surface area contributed by atoms with Crippen molar-refractivity contribution in [1.29, 1.82) is 0 Å². The van der Waals surface area contributed by atoms with Crippen molar-refractivity contribution in [3.63, 3.8) is 0 Å². The molecule has 0 N–H and O–H groups in total. The molecule has 37 heavy (non-hydrogen) atoms. The summed E-state index contributed by atoms with van der Waals surface area (Å²) >= 11 is 8.19. The van der Waals surface area contributed by atoms with E-state index in [4.69, 9.17) is 4.74 Å². The van der Waals surface area contributed by atoms with Gasteiger partial charge in [-0.3, -0.25) is 14.5 Å². The van der Waals surface area contributed by atoms with Crippen LogP contribution in [-0.2, 0) is 17.8 Å². The molecule has 4 nitrogen and oxygen atoms in total. The Bertz CT molecular complexity index is 1480. The zero-order chi connectivity index (χ0) is 25.8. The van der Waals surface area contributed by atoms with Crippen LogP contribution in [0.5, 0.6) is 5.75 Å². The molecule has 4 aromatic rings. The fourth-order valence-corrected chi connectivity index (χ4v) is 6.53. The second-order valence-electron chi connectivity index (χ2n) is 8.71. The van der Waals surface area contributed by atoms with Crippen LogP contribution in [0, 0.1) is 0 Å². The predicted octanol–water partition coefficient (Wildman–Crippen LogP) is 8.61. The zero-order valence-electron chi connectivity index (χ0n) is 19.8. The van der Waals surface area contributed by atoms with Crippen LogP contribution in [0.4, 0.5) is 4.79 Å². The highest BCUT2D eigenvalue weighted by molar-refractivity contribution is 9.11. The standard InChI is InChI=1S/C30H23Br2NO3S/c31-25-16-22(17-26(32)28(25)36-19-21-12-13-23-10-4-5-11-24(23)15-21)18-27-29(34)33(30(35)37-27)14-6-9-20-7-2-1-3-8-20/h1-5,7-8,10-13,15-18H,6,9,14,19H2/b27-18+. The Morgan fingerprint density at radius 1 is 0.811 bits per heavy atom. The largest absolute Gasteiger partial charge is 0.487 e. The molecule has 186 valence electrons. The average molecular weight is 637 g/mol. The van der Waals surface area contributed by atoms with Crippen molar-refractivity contribution in [2.24, 2.45) is 0 Å². The predicted molar refractivity (Wildman–Crippen MR) is 158 cm³/mol. The molecule has 4 aromatic carbocycles. The minimum atomic E-state index is -0.244. The van der Waals surface area contributed by atoms with Crippen molar-refractivity contribution < 1.29 is 14.3 Å². The van der Waals surface area contributed by atoms with Crippen LogP contribution in [0.25, 0.3) is 16.8 Å². The number of carbonyl (C=O) groups excluding carboxylic acids is 2. The smallest absolute Gasteiger partial charge is 0.293 e. The van der Waals surface area contributed by atoms with E-state index >= 15 is 0 Å². The molecule has 0 aromatic heterocycles. The number of ether oxygens (including phenoxy) is 1. The first-order valence-electron chi connectivity index (χ1n) is 11.9. The summed E-state index contributed by atoms with van der Waals surface area (Å²) in [6.07, 6.45) is 3.31. The third kappa shape index (κ3) is 6.17. The van der Waals surface area contributed by atoms with Gasteiger partial charge in [-0.25, -0.2) is 0 Å². The first kappa shape index (κ1) is 25.8. The third-order valence-electron chi connectivity index (χ3n) is 6.08. The van der Waals surface area contributed by atoms with E-state index in [-0.39, 0.29) is 11.1 Å². The van der Waals surface area contributed by atoms with Gasteiger partial charge in [0.2, 0.25) is 0 Å². The van der Waals surface area contributed by atoms with E-state index in [9.17, 15) is 9.59 Å². The number of nitrogens with zero attached hydrogens (tertiary/aromatic N) is 1. The van der Waals surface area contributed by atoms with Gasteiger partial charge < -0.3 is 4.74 Å². The second-order valence-corrected chi connectivity index (χ2v) is 11.4. The zero-order valence-corrected chi connectivity index (χ0v) is 23.8. The van der Waals surface area contributed by atoms with Crippen LogP contribution >= 0.6 is 43.6 Å². The Balaban J connectivity index is 1.24. The Morgan fingerprint density at radius 2 is 1.51 bits per heavy atom. The molecule has 1 saturated heterocycles. The minimum absolute atomic E-state index is 0.224. The van der Waals surface area contributed by atoms with Gasteiger partial charge >= 0.3 is 0 Å². The summed E-state index contributed by atoms with van der Waals surface area (Å²) in [5.74, 6) is 0.436. The molecule has 0 spiro atoms. The maximum atomic E-state index is 12.9. The normalized spacial score (nSPS) is 14.6. The van der Waals surface area contributed by atoms with Gasteiger partial charge in [-0.05, 0) is 108 Å². The molecule has 1 fully saturated rings. The van der Waals surface area contributed by atoms with Crippen molar-refractivity contribution in [2.75, 3.05) is 6.54 Å². The summed E-state index contributed by atoms with van der Waals surface area (Å²) in [5.41, 5.74) is 3.07. The van der Waals surface area contributed by atoms with E-state index in [0.717, 1.165) is 44.7 Å². The third-order valence-corrected chi connectivity index (χ3v) is 8.16. The number of hydrogen-bond donors (Lipinski definition) is 0. The quantitative estimate of drug-likeness (QED) is 0.182. The van der Waals surface area contributed by atoms with Gasteiger partial charge in [0.1, 0.15) is 12.4 Å². The summed E-state index contributed by atoms with van der Waals surface area (Å²) in [5, 5.41) is 2.14. The number of aryl methyl sites for hydroxylation is 1. The van der Waals surface area contributed by atoms with Crippen molar-refractivity contribution >= 4 is 71.6 Å². The monoisotopic (exact) mass is 635 g/mol. The van der Waals surface area contributed by atoms with Gasteiger partial charge in [0.05, 0.1) is 13.9 Å². The fraction of sp³-hybridized carbons (Fsp3) is 0.133. The van der Waals surface area contributed by atoms with Crippen molar-refractivity contribution in [1.82, 2.24) is 4.90 Å². The number of imide groups is 1. The topological polar surface area (TPSA) is 46.6 Å². The Hall–Kier alpha value is -2.87. The fourth-order valence-electron chi connectivity index (χ4n) is 4.21. The molecule has 0 bridgehead atoms. The minimum Gasteiger partial charge on any atom is -0.487 e. The summed E-state index contributed by atoms with van der Waals surface area (Å²) in [6, 6.07) is 28.4. The van der Waals surface area contributed by atoms with E-state index in [2.05, 4.69) is 74.3 Å². The lowest BCUT2D eigenvalue weighted by Crippen LogP contribution is -2.29. The molecular formula is C30H23Br2NO3S. The number of carbonyl (C=O) groups is 2. The number of fused-ring (bicyclic) bond motifs is 1. The first-order valence-corrected chi connectivity index (χ1v) is 14.3. The molecule has 2 amide bonds. The number of amides is 2. The van der Waals surface area contributed by atoms with Crippen LogP contribution in [0.1, 0.15) is 23.1 Å². The molecule has 0 unspecified atom stereocenters. The highest BCUT2D eigenvalue weighted by Crippen LogP contribution is 2.38. The lowest BCUT2D eigenvalue weighted by molar-refractivity contribution is -0.122. The van der Waals surface area contributed by atoms with Gasteiger partial charge in [-0.1, -0.05) is 66.7 Å². The molecule has 1 aliphatic heterocycles. The number of thioether (sulfide) groups is 1. The molecule has 5 rings (SSSR count). The lowest BCUT2D eigenvalue weighted by Gasteiger charge is -2.13. The van der Waals surface area contributed by atoms with E-state index in [1.165, 1.54) is 21.2 Å². The van der Waals surface area contributed by atoms with Crippen LogP contribution < -0.4 is 4.74 Å². The van der Waals surface area contributed by atoms with Crippen LogP contribution in [0.3, 0.4) is 0 Å². The maximum absolute atomic E-state index is 12.9. The molecule has 1 heterocycles. The van der Waals surface area contributed by atoms with Gasteiger partial charge in [0.25, 0.3) is 11.1 Å². The van der Waals surface area contributed by atoms with E-state index in [0.29, 0.717) is 23.8 Å². The summed E-state index contributed by atoms with van der Waals surface area (Å²) < 4.78 is 7.63. The molecule has 0 radical (unpaired) electrons. The van der Waals surface area contributed by atoms with Gasteiger partial charge in [-0.2, -0.15) is 0 Å². The molecule has 0 atom stereocenters. The highest BCUT2D eigenvalue weighted by Gasteiger charge is 2.34. The van der Waals surface area contributed by atoms with Crippen LogP contribution in [0.15, 0.2) is 98.8 Å². The summed E-state index contributed by atoms with van der Waals surface area (Å²) in [6.45, 7) is 0.828. The number of halogens is 2. The van der Waals surface area contributed by atoms with Gasteiger partial charge in [0.15, 0.2) is 0 Å². The average Bonchev–Trinajstić information content (AvgIpc) is 3.16. The highest BCUT2D eigenvalue weighted by atomic mass is 79.9. The number of hydrogen-bond acceptors (Lipinski definition) is 4. The molecular weight excluding hydrogens is 614 g/mol. The lowest BCUT2D eigenvalue weighted by atomic mass is 10.1. The van der Waals surface area contributed by atoms with E-state index in [1.807, 2.05) is 42.5 Å². The number of benzene rings is 4. The summed E-state index contributed by atoms with van der Waals surface area (Å²) in [7, 11) is 0. The number of rotatable bonds is 8. The summed E-state index contributed by atoms with van der Waals surface area (Å²) in [4.78, 5) is 27.2. The van der Waals surface area contributed by atoms with Crippen molar-refractivity contribution in [3.05, 3.63) is 115 Å². The molecule has 1 aliphatic rings. The second kappa shape index (κ2) is 11.7. The van der Waals surface area contributed by atoms with E-state index in [1.54, 1.807) is 6.08 Å². The van der Waals surface area contributed by atoms with Gasteiger partial charge in [-0.15, -0.1) is 0 Å². The Labute approximate surface area is 237 Å². The van der Waals surface area contributed by atoms with Crippen LogP contribution in [0.2, 0.25) is 0 Å². The maximum Gasteiger partial charge on any atom is 0.293 e. The Morgan fingerprint density at radius 3 is 2.27 bits per heavy atom. The van der Waals surface area contributed by atoms with Crippen molar-refractivity contribution in [2.45, 2.75) is 19.4 Å².